The topological polar surface area (TPSA) is 29.5 Å². The van der Waals surface area contributed by atoms with Crippen LogP contribution in [0.5, 0.6) is 0 Å². The first-order valence-corrected chi connectivity index (χ1v) is 9.58. The predicted octanol–water partition coefficient (Wildman–Crippen LogP) is 4.21. The molecule has 2 aliphatic rings. The van der Waals surface area contributed by atoms with Crippen LogP contribution in [-0.4, -0.2) is 23.2 Å². The summed E-state index contributed by atoms with van der Waals surface area (Å²) in [5.74, 6) is 0. The number of fused-ring (bicyclic) bond motifs is 2. The van der Waals surface area contributed by atoms with Crippen molar-refractivity contribution >= 4 is 28.3 Å². The first-order valence-electron chi connectivity index (χ1n) is 8.79. The second kappa shape index (κ2) is 5.61. The average molecular weight is 379 g/mol. The van der Waals surface area contributed by atoms with Gasteiger partial charge >= 0.3 is 6.92 Å². The van der Waals surface area contributed by atoms with E-state index in [0.717, 1.165) is 0 Å². The van der Waals surface area contributed by atoms with Gasteiger partial charge in [-0.2, -0.15) is 0 Å². The number of benzene rings is 1. The summed E-state index contributed by atoms with van der Waals surface area (Å²) in [6, 6.07) is 4.56. The van der Waals surface area contributed by atoms with E-state index >= 15 is 0 Å². The second-order valence-corrected chi connectivity index (χ2v) is 9.35. The minimum absolute atomic E-state index is 0.0454. The molecule has 0 amide bonds. The van der Waals surface area contributed by atoms with Gasteiger partial charge in [0.15, 0.2) is 0 Å². The van der Waals surface area contributed by atoms with E-state index < -0.39 is 11.2 Å². The van der Waals surface area contributed by atoms with Crippen molar-refractivity contribution in [2.24, 2.45) is 0 Å². The molecule has 2 aliphatic carbocycles. The molecule has 0 aromatic heterocycles. The van der Waals surface area contributed by atoms with Gasteiger partial charge in [0.1, 0.15) is 0 Å². The molecule has 2 nitrogen and oxygen atoms in total. The molecular weight excluding hydrogens is 351 g/mol. The Kier molecular flexibility index (Phi) is 4.27. The summed E-state index contributed by atoms with van der Waals surface area (Å²) >= 11 is 3.83. The van der Waals surface area contributed by atoms with E-state index in [1.54, 1.807) is 19.4 Å². The Morgan fingerprint density at radius 1 is 1.17 bits per heavy atom. The molecule has 1 fully saturated rings. The van der Waals surface area contributed by atoms with Gasteiger partial charge in [0.2, 0.25) is 0 Å². The van der Waals surface area contributed by atoms with Crippen LogP contribution in [0.1, 0.15) is 64.5 Å². The number of halogens is 1. The maximum atomic E-state index is 10.3. The lowest BCUT2D eigenvalue weighted by Gasteiger charge is -2.40. The van der Waals surface area contributed by atoms with E-state index in [2.05, 4.69) is 34.9 Å². The monoisotopic (exact) mass is 378 g/mol. The van der Waals surface area contributed by atoms with Gasteiger partial charge in [-0.1, -0.05) is 41.3 Å². The third-order valence-corrected chi connectivity index (χ3v) is 6.95. The van der Waals surface area contributed by atoms with E-state index in [-0.39, 0.29) is 6.92 Å². The fraction of sp³-hybridized carbons (Fsp3) is 0.684. The molecule has 3 rings (SSSR count). The van der Waals surface area contributed by atoms with E-state index in [1.807, 2.05) is 13.8 Å². The molecular formula is C19H28BBrO2. The molecule has 126 valence electrons. The van der Waals surface area contributed by atoms with E-state index in [1.165, 1.54) is 47.6 Å². The van der Waals surface area contributed by atoms with Crippen molar-refractivity contribution in [3.8, 4) is 0 Å². The molecule has 0 atom stereocenters. The predicted molar refractivity (Wildman–Crippen MR) is 101 cm³/mol. The van der Waals surface area contributed by atoms with Crippen molar-refractivity contribution in [2.45, 2.75) is 83.2 Å². The lowest BCUT2D eigenvalue weighted by molar-refractivity contribution is -0.0918. The zero-order valence-electron chi connectivity index (χ0n) is 15.0. The van der Waals surface area contributed by atoms with E-state index in [4.69, 9.17) is 4.65 Å². The first-order chi connectivity index (χ1) is 10.6. The van der Waals surface area contributed by atoms with Crippen LogP contribution >= 0.6 is 15.9 Å². The van der Waals surface area contributed by atoms with Crippen LogP contribution in [0.3, 0.4) is 0 Å². The summed E-state index contributed by atoms with van der Waals surface area (Å²) in [4.78, 5) is 0. The molecule has 4 heteroatoms. The normalized spacial score (nSPS) is 19.6. The number of rotatable bonds is 4. The summed E-state index contributed by atoms with van der Waals surface area (Å²) < 4.78 is 7.47. The Hall–Kier alpha value is -0.315. The van der Waals surface area contributed by atoms with Crippen LogP contribution < -0.4 is 5.46 Å². The summed E-state index contributed by atoms with van der Waals surface area (Å²) in [6.07, 6.45) is 6.54. The lowest BCUT2D eigenvalue weighted by Crippen LogP contribution is -2.52. The maximum Gasteiger partial charge on any atom is 0.324 e. The van der Waals surface area contributed by atoms with Gasteiger partial charge < -0.3 is 9.76 Å². The Labute approximate surface area is 149 Å². The third-order valence-electron chi connectivity index (χ3n) is 6.32. The standard InChI is InChI=1S/C19H28BBrO2/c1-17(2,22)18(3,4)23-20(5)14-11-13-7-10-19(8-6-9-19)16(13)15(21)12-14/h11-12,22H,6-10H2,1-5H3. The zero-order chi connectivity index (χ0) is 17.0. The highest BCUT2D eigenvalue weighted by molar-refractivity contribution is 9.10. The Bertz CT molecular complexity index is 615. The van der Waals surface area contributed by atoms with Gasteiger partial charge in [0.25, 0.3) is 0 Å². The molecule has 0 saturated heterocycles. The summed E-state index contributed by atoms with van der Waals surface area (Å²) in [7, 11) is 0. The molecule has 1 N–H and O–H groups in total. The van der Waals surface area contributed by atoms with Crippen LogP contribution in [0.15, 0.2) is 16.6 Å². The maximum absolute atomic E-state index is 10.3. The third kappa shape index (κ3) is 2.92. The molecule has 0 heterocycles. The van der Waals surface area contributed by atoms with Crippen LogP contribution in [0.2, 0.25) is 6.82 Å². The van der Waals surface area contributed by atoms with Crippen LogP contribution in [0.25, 0.3) is 0 Å². The van der Waals surface area contributed by atoms with Gasteiger partial charge in [-0.3, -0.25) is 0 Å². The fourth-order valence-corrected chi connectivity index (χ4v) is 4.91. The molecule has 0 unspecified atom stereocenters. The summed E-state index contributed by atoms with van der Waals surface area (Å²) in [5, 5.41) is 10.3. The van der Waals surface area contributed by atoms with Gasteiger partial charge in [-0.25, -0.2) is 0 Å². The number of hydrogen-bond acceptors (Lipinski definition) is 2. The van der Waals surface area contributed by atoms with Crippen LogP contribution in [0.4, 0.5) is 0 Å². The zero-order valence-corrected chi connectivity index (χ0v) is 16.6. The molecule has 0 aliphatic heterocycles. The Morgan fingerprint density at radius 3 is 2.35 bits per heavy atom. The minimum Gasteiger partial charge on any atom is -0.423 e. The molecule has 1 spiro atoms. The largest absolute Gasteiger partial charge is 0.423 e. The SMILES string of the molecule is CB(OC(C)(C)C(C)(C)O)c1cc(Br)c2c(c1)CCC21CCC1. The smallest absolute Gasteiger partial charge is 0.324 e. The lowest BCUT2D eigenvalue weighted by atomic mass is 9.61. The molecule has 1 aromatic carbocycles. The number of aryl methyl sites for hydroxylation is 1. The van der Waals surface area contributed by atoms with Crippen molar-refractivity contribution in [3.05, 3.63) is 27.7 Å². The van der Waals surface area contributed by atoms with Gasteiger partial charge in [-0.15, -0.1) is 0 Å². The highest BCUT2D eigenvalue weighted by Crippen LogP contribution is 2.54. The second-order valence-electron chi connectivity index (χ2n) is 8.50. The van der Waals surface area contributed by atoms with Crippen LogP contribution in [-0.2, 0) is 16.5 Å². The van der Waals surface area contributed by atoms with Gasteiger partial charge in [0.05, 0.1) is 11.2 Å². The van der Waals surface area contributed by atoms with Crippen molar-refractivity contribution in [3.63, 3.8) is 0 Å². The highest BCUT2D eigenvalue weighted by Gasteiger charge is 2.45. The highest BCUT2D eigenvalue weighted by atomic mass is 79.9. The average Bonchev–Trinajstić information content (AvgIpc) is 2.76. The van der Waals surface area contributed by atoms with Crippen molar-refractivity contribution in [1.82, 2.24) is 0 Å². The molecule has 0 bridgehead atoms. The van der Waals surface area contributed by atoms with Crippen molar-refractivity contribution in [2.75, 3.05) is 0 Å². The Balaban J connectivity index is 1.86. The van der Waals surface area contributed by atoms with Crippen LogP contribution in [0, 0.1) is 0 Å². The number of hydrogen-bond donors (Lipinski definition) is 1. The van der Waals surface area contributed by atoms with Crippen molar-refractivity contribution < 1.29 is 9.76 Å². The van der Waals surface area contributed by atoms with E-state index in [0.29, 0.717) is 5.41 Å². The molecule has 0 radical (unpaired) electrons. The Morgan fingerprint density at radius 2 is 1.83 bits per heavy atom. The first kappa shape index (κ1) is 17.5. The quantitative estimate of drug-likeness (QED) is 0.795. The summed E-state index contributed by atoms with van der Waals surface area (Å²) in [6.45, 7) is 9.55. The van der Waals surface area contributed by atoms with Gasteiger partial charge in [0, 0.05) is 4.47 Å². The molecule has 23 heavy (non-hydrogen) atoms. The fourth-order valence-electron chi connectivity index (χ4n) is 3.97. The minimum atomic E-state index is -0.884. The molecule has 1 aromatic rings. The number of aliphatic hydroxyl groups is 1. The van der Waals surface area contributed by atoms with Crippen molar-refractivity contribution in [1.29, 1.82) is 0 Å². The van der Waals surface area contributed by atoms with Gasteiger partial charge in [-0.05, 0) is 75.4 Å². The molecule has 1 saturated carbocycles. The van der Waals surface area contributed by atoms with E-state index in [9.17, 15) is 5.11 Å². The summed E-state index contributed by atoms with van der Waals surface area (Å²) in [5.41, 5.74) is 3.22.